The van der Waals surface area contributed by atoms with E-state index in [4.69, 9.17) is 9.47 Å². The molecule has 1 aromatic carbocycles. The Kier molecular flexibility index (Phi) is 4.01. The van der Waals surface area contributed by atoms with Gasteiger partial charge >= 0.3 is 0 Å². The van der Waals surface area contributed by atoms with Crippen LogP contribution in [-0.2, 0) is 6.54 Å². The van der Waals surface area contributed by atoms with Gasteiger partial charge in [-0.1, -0.05) is 0 Å². The highest BCUT2D eigenvalue weighted by atomic mass is 79.9. The van der Waals surface area contributed by atoms with Crippen molar-refractivity contribution in [3.8, 4) is 11.5 Å². The van der Waals surface area contributed by atoms with Crippen LogP contribution in [0.25, 0.3) is 0 Å². The minimum absolute atomic E-state index is 0.607. The Morgan fingerprint density at radius 1 is 1.15 bits per heavy atom. The van der Waals surface area contributed by atoms with Gasteiger partial charge in [-0.15, -0.1) is 0 Å². The van der Waals surface area contributed by atoms with Crippen LogP contribution in [-0.4, -0.2) is 23.2 Å². The first-order valence-corrected chi connectivity index (χ1v) is 7.21. The van der Waals surface area contributed by atoms with Gasteiger partial charge in [-0.3, -0.25) is 0 Å². The predicted molar refractivity (Wildman–Crippen MR) is 79.1 cm³/mol. The molecule has 6 heteroatoms. The number of hydrogen-bond acceptors (Lipinski definition) is 5. The number of ether oxygens (including phenoxy) is 2. The van der Waals surface area contributed by atoms with E-state index in [2.05, 4.69) is 31.2 Å². The molecule has 20 heavy (non-hydrogen) atoms. The molecule has 0 saturated carbocycles. The summed E-state index contributed by atoms with van der Waals surface area (Å²) in [7, 11) is 0. The van der Waals surface area contributed by atoms with E-state index in [1.807, 2.05) is 12.1 Å². The summed E-state index contributed by atoms with van der Waals surface area (Å²) in [4.78, 5) is 8.26. The molecule has 0 radical (unpaired) electrons. The van der Waals surface area contributed by atoms with Crippen LogP contribution in [0.1, 0.15) is 12.0 Å². The van der Waals surface area contributed by atoms with Crippen molar-refractivity contribution in [3.63, 3.8) is 0 Å². The second kappa shape index (κ2) is 6.09. The number of nitrogens with zero attached hydrogens (tertiary/aromatic N) is 2. The third-order valence-corrected chi connectivity index (χ3v) is 3.47. The first-order chi connectivity index (χ1) is 9.83. The van der Waals surface area contributed by atoms with Crippen molar-refractivity contribution in [3.05, 3.63) is 40.6 Å². The fourth-order valence-electron chi connectivity index (χ4n) is 1.96. The fraction of sp³-hybridized carbons (Fsp3) is 0.286. The number of anilines is 1. The Morgan fingerprint density at radius 3 is 2.80 bits per heavy atom. The lowest BCUT2D eigenvalue weighted by atomic mass is 10.2. The van der Waals surface area contributed by atoms with Crippen LogP contribution in [0.15, 0.2) is 35.1 Å². The van der Waals surface area contributed by atoms with Crippen molar-refractivity contribution in [2.75, 3.05) is 18.5 Å². The molecule has 0 spiro atoms. The number of fused-ring (bicyclic) bond motifs is 1. The maximum atomic E-state index is 5.71. The molecule has 104 valence electrons. The van der Waals surface area contributed by atoms with Gasteiger partial charge < -0.3 is 14.8 Å². The van der Waals surface area contributed by atoms with E-state index in [0.717, 1.165) is 28.0 Å². The maximum absolute atomic E-state index is 5.71. The first kappa shape index (κ1) is 13.2. The van der Waals surface area contributed by atoms with Crippen LogP contribution in [0.4, 0.5) is 5.95 Å². The smallest absolute Gasteiger partial charge is 0.222 e. The van der Waals surface area contributed by atoms with E-state index in [9.17, 15) is 0 Å². The van der Waals surface area contributed by atoms with E-state index < -0.39 is 0 Å². The normalized spacial score (nSPS) is 13.7. The second-order valence-electron chi connectivity index (χ2n) is 4.38. The molecule has 0 bridgehead atoms. The lowest BCUT2D eigenvalue weighted by Crippen LogP contribution is -2.03. The largest absolute Gasteiger partial charge is 0.490 e. The van der Waals surface area contributed by atoms with Gasteiger partial charge in [0, 0.05) is 25.4 Å². The zero-order chi connectivity index (χ0) is 13.8. The third-order valence-electron chi connectivity index (χ3n) is 2.88. The number of hydrogen-bond donors (Lipinski definition) is 1. The zero-order valence-electron chi connectivity index (χ0n) is 10.8. The maximum Gasteiger partial charge on any atom is 0.222 e. The summed E-state index contributed by atoms with van der Waals surface area (Å²) in [6.07, 6.45) is 4.31. The summed E-state index contributed by atoms with van der Waals surface area (Å²) in [5.41, 5.74) is 1.08. The van der Waals surface area contributed by atoms with Crippen molar-refractivity contribution >= 4 is 21.9 Å². The summed E-state index contributed by atoms with van der Waals surface area (Å²) in [6.45, 7) is 1.98. The van der Waals surface area contributed by atoms with E-state index in [1.54, 1.807) is 18.5 Å². The number of benzene rings is 1. The molecule has 0 saturated heterocycles. The lowest BCUT2D eigenvalue weighted by Gasteiger charge is -2.12. The minimum Gasteiger partial charge on any atom is -0.490 e. The van der Waals surface area contributed by atoms with Crippen LogP contribution in [0.2, 0.25) is 0 Å². The number of rotatable bonds is 3. The number of halogens is 1. The molecule has 0 unspecified atom stereocenters. The Morgan fingerprint density at radius 2 is 1.95 bits per heavy atom. The van der Waals surface area contributed by atoms with E-state index in [-0.39, 0.29) is 0 Å². The van der Waals surface area contributed by atoms with Gasteiger partial charge in [0.15, 0.2) is 11.5 Å². The number of aromatic nitrogens is 2. The molecule has 3 rings (SSSR count). The van der Waals surface area contributed by atoms with Crippen molar-refractivity contribution in [1.29, 1.82) is 0 Å². The summed E-state index contributed by atoms with van der Waals surface area (Å²) in [5.74, 6) is 2.17. The quantitative estimate of drug-likeness (QED) is 0.934. The molecule has 5 nitrogen and oxygen atoms in total. The van der Waals surface area contributed by atoms with Crippen LogP contribution in [0.3, 0.4) is 0 Å². The van der Waals surface area contributed by atoms with Gasteiger partial charge in [0.05, 0.1) is 17.7 Å². The van der Waals surface area contributed by atoms with Crippen LogP contribution >= 0.6 is 15.9 Å². The number of nitrogens with one attached hydrogen (secondary N) is 1. The van der Waals surface area contributed by atoms with Crippen molar-refractivity contribution in [2.24, 2.45) is 0 Å². The van der Waals surface area contributed by atoms with Crippen molar-refractivity contribution in [2.45, 2.75) is 13.0 Å². The van der Waals surface area contributed by atoms with Gasteiger partial charge in [0.1, 0.15) is 0 Å². The Balaban J connectivity index is 1.77. The molecular weight excluding hydrogens is 322 g/mol. The van der Waals surface area contributed by atoms with Crippen molar-refractivity contribution in [1.82, 2.24) is 9.97 Å². The Hall–Kier alpha value is -1.82. The molecule has 1 aliphatic heterocycles. The van der Waals surface area contributed by atoms with Crippen LogP contribution < -0.4 is 14.8 Å². The van der Waals surface area contributed by atoms with Gasteiger partial charge in [0.2, 0.25) is 5.95 Å². The second-order valence-corrected chi connectivity index (χ2v) is 5.24. The highest BCUT2D eigenvalue weighted by Crippen LogP contribution is 2.38. The minimum atomic E-state index is 0.607. The molecule has 0 amide bonds. The van der Waals surface area contributed by atoms with Gasteiger partial charge in [-0.2, -0.15) is 0 Å². The van der Waals surface area contributed by atoms with Gasteiger partial charge in [-0.25, -0.2) is 9.97 Å². The van der Waals surface area contributed by atoms with Gasteiger partial charge in [-0.05, 0) is 39.7 Å². The summed E-state index contributed by atoms with van der Waals surface area (Å²) < 4.78 is 12.3. The fourth-order valence-corrected chi connectivity index (χ4v) is 2.56. The topological polar surface area (TPSA) is 56.3 Å². The molecule has 1 aromatic heterocycles. The lowest BCUT2D eigenvalue weighted by molar-refractivity contribution is 0.296. The molecule has 2 aromatic rings. The standard InChI is InChI=1S/C14H14BrN3O2/c15-11-7-10(9-18-14-16-3-1-4-17-14)8-12-13(11)20-6-2-5-19-12/h1,3-4,7-8H,2,5-6,9H2,(H,16,17,18). The zero-order valence-corrected chi connectivity index (χ0v) is 12.4. The van der Waals surface area contributed by atoms with E-state index >= 15 is 0 Å². The molecule has 0 atom stereocenters. The summed E-state index contributed by atoms with van der Waals surface area (Å²) >= 11 is 3.53. The monoisotopic (exact) mass is 335 g/mol. The van der Waals surface area contributed by atoms with Crippen LogP contribution in [0, 0.1) is 0 Å². The highest BCUT2D eigenvalue weighted by Gasteiger charge is 2.15. The predicted octanol–water partition coefficient (Wildman–Crippen LogP) is 3.01. The van der Waals surface area contributed by atoms with E-state index in [0.29, 0.717) is 25.7 Å². The Bertz CT molecular complexity index is 592. The molecular formula is C14H14BrN3O2. The van der Waals surface area contributed by atoms with Gasteiger partial charge in [0.25, 0.3) is 0 Å². The molecule has 0 fully saturated rings. The SMILES string of the molecule is Brc1cc(CNc2ncccn2)cc2c1OCCCO2. The average Bonchev–Trinajstić information content (AvgIpc) is 2.72. The first-order valence-electron chi connectivity index (χ1n) is 6.42. The highest BCUT2D eigenvalue weighted by molar-refractivity contribution is 9.10. The molecule has 0 aliphatic carbocycles. The summed E-state index contributed by atoms with van der Waals surface area (Å²) in [5, 5.41) is 3.17. The molecule has 1 N–H and O–H groups in total. The summed E-state index contributed by atoms with van der Waals surface area (Å²) in [6, 6.07) is 5.79. The van der Waals surface area contributed by atoms with Crippen molar-refractivity contribution < 1.29 is 9.47 Å². The third kappa shape index (κ3) is 3.01. The van der Waals surface area contributed by atoms with E-state index in [1.165, 1.54) is 0 Å². The Labute approximate surface area is 125 Å². The molecule has 2 heterocycles. The average molecular weight is 336 g/mol. The van der Waals surface area contributed by atoms with Crippen LogP contribution in [0.5, 0.6) is 11.5 Å². The molecule has 1 aliphatic rings.